The van der Waals surface area contributed by atoms with E-state index < -0.39 is 10.9 Å². The van der Waals surface area contributed by atoms with Crippen molar-refractivity contribution in [1.82, 2.24) is 10.2 Å². The number of non-ortho nitro benzene ring substituents is 1. The zero-order chi connectivity index (χ0) is 20.7. The molecule has 29 heavy (non-hydrogen) atoms. The van der Waals surface area contributed by atoms with Gasteiger partial charge in [-0.3, -0.25) is 19.8 Å². The standard InChI is InChI=1S/C20H27N3O6/c24-18(14-29-19(25)16-4-6-17(7-5-16)23(26)27)21-15-20(8-2-1-3-9-20)22-10-12-28-13-11-22/h4-7H,1-3,8-15H2,(H,21,24). The maximum atomic E-state index is 12.3. The second-order valence-electron chi connectivity index (χ2n) is 7.54. The molecule has 2 fully saturated rings. The highest BCUT2D eigenvalue weighted by molar-refractivity contribution is 5.91. The molecule has 1 saturated carbocycles. The predicted molar refractivity (Wildman–Crippen MR) is 105 cm³/mol. The minimum atomic E-state index is -0.685. The predicted octanol–water partition coefficient (Wildman–Crippen LogP) is 1.90. The Bertz CT molecular complexity index is 724. The Morgan fingerprint density at radius 1 is 1.14 bits per heavy atom. The number of carbonyl (C=O) groups is 2. The van der Waals surface area contributed by atoms with Gasteiger partial charge in [-0.05, 0) is 25.0 Å². The van der Waals surface area contributed by atoms with Gasteiger partial charge >= 0.3 is 5.97 Å². The van der Waals surface area contributed by atoms with Gasteiger partial charge in [0.2, 0.25) is 0 Å². The Morgan fingerprint density at radius 3 is 2.41 bits per heavy atom. The van der Waals surface area contributed by atoms with E-state index in [4.69, 9.17) is 9.47 Å². The fourth-order valence-corrected chi connectivity index (χ4v) is 4.10. The second-order valence-corrected chi connectivity index (χ2v) is 7.54. The van der Waals surface area contributed by atoms with E-state index in [1.165, 1.54) is 30.7 Å². The van der Waals surface area contributed by atoms with Gasteiger partial charge in [0.05, 0.1) is 23.7 Å². The van der Waals surface area contributed by atoms with Gasteiger partial charge in [0.15, 0.2) is 6.61 Å². The summed E-state index contributed by atoms with van der Waals surface area (Å²) in [7, 11) is 0. The Hall–Kier alpha value is -2.52. The first-order chi connectivity index (χ1) is 14.0. The summed E-state index contributed by atoms with van der Waals surface area (Å²) in [5.74, 6) is -1.03. The zero-order valence-electron chi connectivity index (χ0n) is 16.4. The molecule has 1 aromatic rings. The minimum absolute atomic E-state index is 0.0555. The van der Waals surface area contributed by atoms with Crippen LogP contribution in [0.3, 0.4) is 0 Å². The van der Waals surface area contributed by atoms with Crippen molar-refractivity contribution >= 4 is 17.6 Å². The third-order valence-electron chi connectivity index (χ3n) is 5.73. The average Bonchev–Trinajstić information content (AvgIpc) is 2.77. The lowest BCUT2D eigenvalue weighted by Gasteiger charge is -2.48. The van der Waals surface area contributed by atoms with Crippen molar-refractivity contribution in [2.45, 2.75) is 37.6 Å². The molecule has 1 saturated heterocycles. The number of hydrogen-bond acceptors (Lipinski definition) is 7. The van der Waals surface area contributed by atoms with Gasteiger partial charge < -0.3 is 14.8 Å². The number of nitro groups is 1. The van der Waals surface area contributed by atoms with Crippen LogP contribution in [0, 0.1) is 10.1 Å². The van der Waals surface area contributed by atoms with E-state index in [1.807, 2.05) is 0 Å². The van der Waals surface area contributed by atoms with Gasteiger partial charge in [-0.15, -0.1) is 0 Å². The van der Waals surface area contributed by atoms with Gasteiger partial charge in [-0.1, -0.05) is 19.3 Å². The summed E-state index contributed by atoms with van der Waals surface area (Å²) in [6.07, 6.45) is 5.57. The molecule has 1 aromatic carbocycles. The number of nitro benzene ring substituents is 1. The number of esters is 1. The van der Waals surface area contributed by atoms with Crippen LogP contribution >= 0.6 is 0 Å². The molecule has 1 heterocycles. The summed E-state index contributed by atoms with van der Waals surface area (Å²) in [6.45, 7) is 3.30. The lowest BCUT2D eigenvalue weighted by Crippen LogP contribution is -2.59. The number of rotatable bonds is 7. The van der Waals surface area contributed by atoms with Gasteiger partial charge in [0, 0.05) is 37.3 Å². The van der Waals surface area contributed by atoms with Gasteiger partial charge in [-0.2, -0.15) is 0 Å². The highest BCUT2D eigenvalue weighted by Crippen LogP contribution is 2.33. The van der Waals surface area contributed by atoms with Crippen LogP contribution in [0.1, 0.15) is 42.5 Å². The van der Waals surface area contributed by atoms with Crippen LogP contribution in [-0.4, -0.2) is 66.7 Å². The van der Waals surface area contributed by atoms with Gasteiger partial charge in [0.25, 0.3) is 11.6 Å². The van der Waals surface area contributed by atoms with Gasteiger partial charge in [0.1, 0.15) is 0 Å². The Balaban J connectivity index is 1.50. The number of hydrogen-bond donors (Lipinski definition) is 1. The van der Waals surface area contributed by atoms with Crippen LogP contribution in [0.5, 0.6) is 0 Å². The van der Waals surface area contributed by atoms with E-state index >= 15 is 0 Å². The number of carbonyl (C=O) groups excluding carboxylic acids is 2. The first-order valence-corrected chi connectivity index (χ1v) is 10.0. The van der Waals surface area contributed by atoms with Crippen LogP contribution in [-0.2, 0) is 14.3 Å². The number of nitrogens with one attached hydrogen (secondary N) is 1. The molecule has 0 bridgehead atoms. The van der Waals surface area contributed by atoms with E-state index in [2.05, 4.69) is 10.2 Å². The lowest BCUT2D eigenvalue weighted by atomic mass is 9.79. The molecule has 9 nitrogen and oxygen atoms in total. The largest absolute Gasteiger partial charge is 0.452 e. The van der Waals surface area contributed by atoms with E-state index in [1.54, 1.807) is 0 Å². The van der Waals surface area contributed by atoms with Crippen LogP contribution in [0.15, 0.2) is 24.3 Å². The Kier molecular flexibility index (Phi) is 7.16. The fraction of sp³-hybridized carbons (Fsp3) is 0.600. The molecule has 9 heteroatoms. The molecule has 1 aliphatic carbocycles. The summed E-state index contributed by atoms with van der Waals surface area (Å²) in [4.78, 5) is 36.9. The third kappa shape index (κ3) is 5.51. The van der Waals surface area contributed by atoms with Crippen LogP contribution in [0.4, 0.5) is 5.69 Å². The van der Waals surface area contributed by atoms with E-state index in [-0.39, 0.29) is 29.3 Å². The molecule has 1 amide bonds. The molecule has 1 aliphatic heterocycles. The number of morpholine rings is 1. The van der Waals surface area contributed by atoms with Crippen LogP contribution in [0.25, 0.3) is 0 Å². The average molecular weight is 405 g/mol. The number of ether oxygens (including phenoxy) is 2. The van der Waals surface area contributed by atoms with Crippen molar-refractivity contribution in [3.05, 3.63) is 39.9 Å². The zero-order valence-corrected chi connectivity index (χ0v) is 16.4. The summed E-state index contributed by atoms with van der Waals surface area (Å²) in [6, 6.07) is 5.08. The van der Waals surface area contributed by atoms with E-state index in [0.717, 1.165) is 38.8 Å². The topological polar surface area (TPSA) is 111 Å². The third-order valence-corrected chi connectivity index (χ3v) is 5.73. The molecule has 3 rings (SSSR count). The lowest BCUT2D eigenvalue weighted by molar-refractivity contribution is -0.384. The molecule has 0 unspecified atom stereocenters. The van der Waals surface area contributed by atoms with Crippen molar-refractivity contribution in [2.24, 2.45) is 0 Å². The Morgan fingerprint density at radius 2 is 1.79 bits per heavy atom. The number of amides is 1. The van der Waals surface area contributed by atoms with Crippen molar-refractivity contribution < 1.29 is 24.0 Å². The first kappa shape index (κ1) is 21.2. The van der Waals surface area contributed by atoms with Crippen molar-refractivity contribution in [3.8, 4) is 0 Å². The van der Waals surface area contributed by atoms with Crippen LogP contribution in [0.2, 0.25) is 0 Å². The van der Waals surface area contributed by atoms with Gasteiger partial charge in [-0.25, -0.2) is 4.79 Å². The first-order valence-electron chi connectivity index (χ1n) is 10.0. The molecule has 0 spiro atoms. The maximum absolute atomic E-state index is 12.3. The number of nitrogens with zero attached hydrogens (tertiary/aromatic N) is 2. The highest BCUT2D eigenvalue weighted by Gasteiger charge is 2.38. The monoisotopic (exact) mass is 405 g/mol. The molecule has 2 aliphatic rings. The van der Waals surface area contributed by atoms with E-state index in [0.29, 0.717) is 19.8 Å². The van der Waals surface area contributed by atoms with Crippen molar-refractivity contribution in [1.29, 1.82) is 0 Å². The maximum Gasteiger partial charge on any atom is 0.338 e. The molecule has 0 aromatic heterocycles. The second kappa shape index (κ2) is 9.80. The molecular formula is C20H27N3O6. The molecule has 1 N–H and O–H groups in total. The summed E-state index contributed by atoms with van der Waals surface area (Å²) < 4.78 is 10.5. The summed E-state index contributed by atoms with van der Waals surface area (Å²) >= 11 is 0. The summed E-state index contributed by atoms with van der Waals surface area (Å²) in [5, 5.41) is 13.6. The van der Waals surface area contributed by atoms with Crippen molar-refractivity contribution in [3.63, 3.8) is 0 Å². The molecule has 0 radical (unpaired) electrons. The van der Waals surface area contributed by atoms with Crippen molar-refractivity contribution in [2.75, 3.05) is 39.5 Å². The number of benzene rings is 1. The fourth-order valence-electron chi connectivity index (χ4n) is 4.10. The molecule has 158 valence electrons. The highest BCUT2D eigenvalue weighted by atomic mass is 16.6. The minimum Gasteiger partial charge on any atom is -0.452 e. The smallest absolute Gasteiger partial charge is 0.338 e. The Labute approximate surface area is 169 Å². The summed E-state index contributed by atoms with van der Waals surface area (Å²) in [5.41, 5.74) is 0.000668. The van der Waals surface area contributed by atoms with E-state index in [9.17, 15) is 19.7 Å². The molecular weight excluding hydrogens is 378 g/mol. The SMILES string of the molecule is O=C(COC(=O)c1ccc([N+](=O)[O-])cc1)NCC1(N2CCOCC2)CCCCC1. The normalized spacial score (nSPS) is 19.3. The quantitative estimate of drug-likeness (QED) is 0.419. The molecule has 0 atom stereocenters. The van der Waals surface area contributed by atoms with Crippen LogP contribution < -0.4 is 5.32 Å².